The summed E-state index contributed by atoms with van der Waals surface area (Å²) in [6, 6.07) is 10.3. The van der Waals surface area contributed by atoms with Crippen LogP contribution >= 0.6 is 11.6 Å². The SMILES string of the molecule is ClC1(Cc2ccccc2)C=CC=NC1. The van der Waals surface area contributed by atoms with Crippen LogP contribution in [-0.4, -0.2) is 17.6 Å². The van der Waals surface area contributed by atoms with Crippen molar-refractivity contribution in [1.82, 2.24) is 0 Å². The fourth-order valence-corrected chi connectivity index (χ4v) is 1.88. The maximum absolute atomic E-state index is 6.41. The van der Waals surface area contributed by atoms with E-state index in [0.29, 0.717) is 6.54 Å². The van der Waals surface area contributed by atoms with Gasteiger partial charge in [0.1, 0.15) is 0 Å². The van der Waals surface area contributed by atoms with Crippen LogP contribution in [0.1, 0.15) is 5.56 Å². The second-order valence-electron chi connectivity index (χ2n) is 3.55. The van der Waals surface area contributed by atoms with Crippen LogP contribution in [-0.2, 0) is 6.42 Å². The minimum Gasteiger partial charge on any atom is -0.291 e. The molecule has 0 aromatic heterocycles. The van der Waals surface area contributed by atoms with E-state index < -0.39 is 0 Å². The first-order valence-corrected chi connectivity index (χ1v) is 5.07. The zero-order valence-electron chi connectivity index (χ0n) is 7.86. The summed E-state index contributed by atoms with van der Waals surface area (Å²) in [5, 5.41) is 0. The Bertz CT molecular complexity index is 356. The maximum atomic E-state index is 6.41. The fourth-order valence-electron chi connectivity index (χ4n) is 1.58. The highest BCUT2D eigenvalue weighted by molar-refractivity contribution is 6.26. The highest BCUT2D eigenvalue weighted by Gasteiger charge is 2.24. The van der Waals surface area contributed by atoms with Crippen LogP contribution in [0.4, 0.5) is 0 Å². The van der Waals surface area contributed by atoms with Gasteiger partial charge in [0.05, 0.1) is 11.4 Å². The van der Waals surface area contributed by atoms with Crippen LogP contribution < -0.4 is 0 Å². The third kappa shape index (κ3) is 2.24. The van der Waals surface area contributed by atoms with Crippen LogP contribution in [0.2, 0.25) is 0 Å². The molecule has 1 atom stereocenters. The number of hydrogen-bond donors (Lipinski definition) is 0. The van der Waals surface area contributed by atoms with Crippen molar-refractivity contribution >= 4 is 17.8 Å². The molecule has 1 nitrogen and oxygen atoms in total. The van der Waals surface area contributed by atoms with Crippen molar-refractivity contribution in [2.24, 2.45) is 4.99 Å². The highest BCUT2D eigenvalue weighted by atomic mass is 35.5. The van der Waals surface area contributed by atoms with Crippen molar-refractivity contribution in [2.45, 2.75) is 11.3 Å². The molecule has 2 heteroatoms. The number of dihydropyridines is 1. The first-order valence-electron chi connectivity index (χ1n) is 4.69. The van der Waals surface area contributed by atoms with Crippen molar-refractivity contribution in [3.63, 3.8) is 0 Å². The van der Waals surface area contributed by atoms with E-state index in [4.69, 9.17) is 11.6 Å². The van der Waals surface area contributed by atoms with E-state index in [-0.39, 0.29) is 4.87 Å². The van der Waals surface area contributed by atoms with E-state index in [9.17, 15) is 0 Å². The smallest absolute Gasteiger partial charge is 0.0864 e. The Morgan fingerprint density at radius 1 is 1.29 bits per heavy atom. The zero-order chi connectivity index (χ0) is 9.86. The molecule has 0 saturated heterocycles. The number of halogens is 1. The molecule has 0 radical (unpaired) electrons. The third-order valence-electron chi connectivity index (χ3n) is 2.28. The van der Waals surface area contributed by atoms with Crippen LogP contribution in [0.5, 0.6) is 0 Å². The zero-order valence-corrected chi connectivity index (χ0v) is 8.61. The van der Waals surface area contributed by atoms with E-state index in [2.05, 4.69) is 17.1 Å². The van der Waals surface area contributed by atoms with Gasteiger partial charge in [-0.15, -0.1) is 11.6 Å². The number of aliphatic imine (C=N–C) groups is 1. The van der Waals surface area contributed by atoms with Crippen molar-refractivity contribution in [2.75, 3.05) is 6.54 Å². The van der Waals surface area contributed by atoms with Crippen molar-refractivity contribution in [3.05, 3.63) is 48.0 Å². The van der Waals surface area contributed by atoms with Crippen molar-refractivity contribution < 1.29 is 0 Å². The van der Waals surface area contributed by atoms with Gasteiger partial charge in [0, 0.05) is 6.21 Å². The molecule has 0 spiro atoms. The summed E-state index contributed by atoms with van der Waals surface area (Å²) in [6.07, 6.45) is 6.57. The lowest BCUT2D eigenvalue weighted by Crippen LogP contribution is -2.27. The molecule has 0 fully saturated rings. The molecule has 72 valence electrons. The summed E-state index contributed by atoms with van der Waals surface area (Å²) in [6.45, 7) is 0.667. The number of alkyl halides is 1. The Morgan fingerprint density at radius 2 is 2.07 bits per heavy atom. The Morgan fingerprint density at radius 3 is 2.71 bits per heavy atom. The van der Waals surface area contributed by atoms with Gasteiger partial charge in [0.2, 0.25) is 0 Å². The van der Waals surface area contributed by atoms with Gasteiger partial charge in [-0.25, -0.2) is 0 Å². The molecule has 0 N–H and O–H groups in total. The largest absolute Gasteiger partial charge is 0.291 e. The van der Waals surface area contributed by atoms with E-state index in [1.165, 1.54) is 5.56 Å². The number of benzene rings is 1. The summed E-state index contributed by atoms with van der Waals surface area (Å²) in [4.78, 5) is 3.86. The monoisotopic (exact) mass is 205 g/mol. The van der Waals surface area contributed by atoms with Gasteiger partial charge in [0.15, 0.2) is 0 Å². The molecular weight excluding hydrogens is 194 g/mol. The number of nitrogens with zero attached hydrogens (tertiary/aromatic N) is 1. The molecule has 0 bridgehead atoms. The number of hydrogen-bond acceptors (Lipinski definition) is 1. The van der Waals surface area contributed by atoms with E-state index in [1.807, 2.05) is 30.4 Å². The first-order chi connectivity index (χ1) is 6.79. The van der Waals surface area contributed by atoms with Gasteiger partial charge in [-0.05, 0) is 18.1 Å². The van der Waals surface area contributed by atoms with E-state index >= 15 is 0 Å². The first kappa shape index (κ1) is 9.47. The van der Waals surface area contributed by atoms with Crippen molar-refractivity contribution in [1.29, 1.82) is 0 Å². The molecule has 1 heterocycles. The normalized spacial score (nSPS) is 25.2. The second kappa shape index (κ2) is 3.97. The minimum absolute atomic E-state index is 0.323. The van der Waals surface area contributed by atoms with Crippen molar-refractivity contribution in [3.8, 4) is 0 Å². The lowest BCUT2D eigenvalue weighted by Gasteiger charge is -2.23. The Kier molecular flexibility index (Phi) is 2.69. The predicted octanol–water partition coefficient (Wildman–Crippen LogP) is 2.85. The summed E-state index contributed by atoms with van der Waals surface area (Å²) in [5.74, 6) is 0. The van der Waals surface area contributed by atoms with Crippen LogP contribution in [0.25, 0.3) is 0 Å². The average Bonchev–Trinajstić information content (AvgIpc) is 2.19. The van der Waals surface area contributed by atoms with Crippen LogP contribution in [0.15, 0.2) is 47.5 Å². The molecule has 2 rings (SSSR count). The minimum atomic E-state index is -0.323. The van der Waals surface area contributed by atoms with Gasteiger partial charge in [-0.3, -0.25) is 4.99 Å². The van der Waals surface area contributed by atoms with Gasteiger partial charge in [-0.2, -0.15) is 0 Å². The number of rotatable bonds is 2. The van der Waals surface area contributed by atoms with E-state index in [1.54, 1.807) is 6.21 Å². The van der Waals surface area contributed by atoms with Crippen LogP contribution in [0, 0.1) is 0 Å². The summed E-state index contributed by atoms with van der Waals surface area (Å²) in [5.41, 5.74) is 1.25. The lowest BCUT2D eigenvalue weighted by molar-refractivity contribution is 0.699. The predicted molar refractivity (Wildman–Crippen MR) is 61.2 cm³/mol. The summed E-state index contributed by atoms with van der Waals surface area (Å²) < 4.78 is 0. The Labute approximate surface area is 89.1 Å². The summed E-state index contributed by atoms with van der Waals surface area (Å²) >= 11 is 6.41. The molecule has 0 amide bonds. The second-order valence-corrected chi connectivity index (χ2v) is 4.30. The topological polar surface area (TPSA) is 12.4 Å². The number of allylic oxidation sites excluding steroid dienone is 1. The lowest BCUT2D eigenvalue weighted by atomic mass is 9.97. The molecule has 0 aliphatic carbocycles. The molecule has 14 heavy (non-hydrogen) atoms. The molecule has 1 aromatic rings. The molecule has 1 unspecified atom stereocenters. The summed E-state index contributed by atoms with van der Waals surface area (Å²) in [7, 11) is 0. The molecule has 1 aliphatic heterocycles. The molecular formula is C12H12ClN. The standard InChI is InChI=1S/C12H12ClN/c13-12(7-4-8-14-10-12)9-11-5-2-1-3-6-11/h1-8H,9-10H2. The highest BCUT2D eigenvalue weighted by Crippen LogP contribution is 2.24. The third-order valence-corrected chi connectivity index (χ3v) is 2.66. The van der Waals surface area contributed by atoms with Gasteiger partial charge >= 0.3 is 0 Å². The van der Waals surface area contributed by atoms with Gasteiger partial charge in [0.25, 0.3) is 0 Å². The maximum Gasteiger partial charge on any atom is 0.0864 e. The van der Waals surface area contributed by atoms with Crippen LogP contribution in [0.3, 0.4) is 0 Å². The molecule has 1 aliphatic rings. The fraction of sp³-hybridized carbons (Fsp3) is 0.250. The molecule has 0 saturated carbocycles. The van der Waals surface area contributed by atoms with Gasteiger partial charge in [-0.1, -0.05) is 36.4 Å². The molecule has 1 aromatic carbocycles. The Balaban J connectivity index is 2.11. The average molecular weight is 206 g/mol. The van der Waals surface area contributed by atoms with Gasteiger partial charge < -0.3 is 0 Å². The quantitative estimate of drug-likeness (QED) is 0.659. The van der Waals surface area contributed by atoms with E-state index in [0.717, 1.165) is 6.42 Å². The Hall–Kier alpha value is -1.08.